The van der Waals surface area contributed by atoms with E-state index in [1.165, 1.54) is 19.3 Å². The van der Waals surface area contributed by atoms with Gasteiger partial charge in [0, 0.05) is 24.7 Å². The van der Waals surface area contributed by atoms with Gasteiger partial charge < -0.3 is 10.6 Å². The van der Waals surface area contributed by atoms with Crippen molar-refractivity contribution >= 4 is 0 Å². The molecule has 3 aliphatic rings. The zero-order valence-corrected chi connectivity index (χ0v) is 12.3. The molecule has 5 atom stereocenters. The van der Waals surface area contributed by atoms with Gasteiger partial charge in [-0.1, -0.05) is 6.42 Å². The van der Waals surface area contributed by atoms with Crippen molar-refractivity contribution in [1.82, 2.24) is 10.6 Å². The summed E-state index contributed by atoms with van der Waals surface area (Å²) in [6.45, 7) is 8.98. The highest BCUT2D eigenvalue weighted by atomic mass is 15.0. The highest BCUT2D eigenvalue weighted by Crippen LogP contribution is 2.58. The van der Waals surface area contributed by atoms with Crippen molar-refractivity contribution in [3.8, 4) is 0 Å². The van der Waals surface area contributed by atoms with Crippen LogP contribution in [0.3, 0.4) is 0 Å². The van der Waals surface area contributed by atoms with E-state index >= 15 is 0 Å². The molecule has 3 aliphatic carbocycles. The smallest absolute Gasteiger partial charge is 0.0101 e. The maximum atomic E-state index is 3.84. The van der Waals surface area contributed by atoms with E-state index in [0.29, 0.717) is 0 Å². The van der Waals surface area contributed by atoms with Gasteiger partial charge in [0.05, 0.1) is 0 Å². The van der Waals surface area contributed by atoms with Crippen LogP contribution in [0.25, 0.3) is 0 Å². The summed E-state index contributed by atoms with van der Waals surface area (Å²) in [6.07, 6.45) is 7.61. The molecule has 0 radical (unpaired) electrons. The number of fused-ring (bicyclic) bond motifs is 5. The molecular weight excluding hydrogens is 220 g/mol. The van der Waals surface area contributed by atoms with Gasteiger partial charge in [-0.15, -0.1) is 0 Å². The molecule has 18 heavy (non-hydrogen) atoms. The lowest BCUT2D eigenvalue weighted by Gasteiger charge is -2.32. The van der Waals surface area contributed by atoms with Gasteiger partial charge in [-0.25, -0.2) is 0 Å². The van der Waals surface area contributed by atoms with Gasteiger partial charge in [0.2, 0.25) is 0 Å². The molecule has 3 fully saturated rings. The van der Waals surface area contributed by atoms with Crippen molar-refractivity contribution in [1.29, 1.82) is 0 Å². The van der Waals surface area contributed by atoms with Crippen molar-refractivity contribution in [2.24, 2.45) is 23.7 Å². The van der Waals surface area contributed by atoms with E-state index in [2.05, 4.69) is 31.4 Å². The Morgan fingerprint density at radius 1 is 0.944 bits per heavy atom. The Hall–Kier alpha value is -0.0800. The number of rotatable bonds is 4. The highest BCUT2D eigenvalue weighted by Gasteiger charge is 2.53. The van der Waals surface area contributed by atoms with Crippen molar-refractivity contribution in [2.75, 3.05) is 13.1 Å². The Morgan fingerprint density at radius 3 is 2.50 bits per heavy atom. The fourth-order valence-electron chi connectivity index (χ4n) is 5.00. The minimum Gasteiger partial charge on any atom is -0.312 e. The summed E-state index contributed by atoms with van der Waals surface area (Å²) in [7, 11) is 0. The predicted octanol–water partition coefficient (Wildman–Crippen LogP) is 2.79. The van der Waals surface area contributed by atoms with Gasteiger partial charge in [-0.2, -0.15) is 0 Å². The van der Waals surface area contributed by atoms with E-state index in [-0.39, 0.29) is 5.54 Å². The normalized spacial score (nSPS) is 42.5. The first-order valence-corrected chi connectivity index (χ1v) is 8.03. The molecule has 3 rings (SSSR count). The quantitative estimate of drug-likeness (QED) is 0.750. The van der Waals surface area contributed by atoms with E-state index in [1.807, 2.05) is 0 Å². The van der Waals surface area contributed by atoms with E-state index in [0.717, 1.165) is 42.8 Å². The summed E-state index contributed by atoms with van der Waals surface area (Å²) in [5.74, 6) is 4.32. The van der Waals surface area contributed by atoms with Crippen molar-refractivity contribution in [3.05, 3.63) is 0 Å². The lowest BCUT2D eigenvalue weighted by atomic mass is 9.79. The van der Waals surface area contributed by atoms with E-state index in [4.69, 9.17) is 0 Å². The molecular formula is C16H30N2. The molecule has 3 saturated carbocycles. The Balaban J connectivity index is 1.43. The van der Waals surface area contributed by atoms with Crippen LogP contribution in [0.2, 0.25) is 0 Å². The molecule has 0 amide bonds. The van der Waals surface area contributed by atoms with Crippen LogP contribution in [0, 0.1) is 23.7 Å². The third kappa shape index (κ3) is 2.46. The highest BCUT2D eigenvalue weighted by molar-refractivity contribution is 5.05. The van der Waals surface area contributed by atoms with Gasteiger partial charge >= 0.3 is 0 Å². The minimum atomic E-state index is 0.257. The molecule has 0 aliphatic heterocycles. The zero-order valence-electron chi connectivity index (χ0n) is 12.3. The molecule has 0 aromatic carbocycles. The average Bonchev–Trinajstić information content (AvgIpc) is 2.94. The number of hydrogen-bond acceptors (Lipinski definition) is 2. The minimum absolute atomic E-state index is 0.257. The molecule has 0 aromatic heterocycles. The number of hydrogen-bond donors (Lipinski definition) is 2. The second-order valence-electron chi connectivity index (χ2n) is 7.89. The van der Waals surface area contributed by atoms with Crippen LogP contribution in [0.15, 0.2) is 0 Å². The summed E-state index contributed by atoms with van der Waals surface area (Å²) in [6, 6.07) is 0.844. The van der Waals surface area contributed by atoms with Crippen molar-refractivity contribution in [3.63, 3.8) is 0 Å². The zero-order chi connectivity index (χ0) is 12.8. The van der Waals surface area contributed by atoms with Crippen molar-refractivity contribution < 1.29 is 0 Å². The van der Waals surface area contributed by atoms with Gasteiger partial charge in [-0.3, -0.25) is 0 Å². The number of nitrogens with one attached hydrogen (secondary N) is 2. The molecule has 2 N–H and O–H groups in total. The fraction of sp³-hybridized carbons (Fsp3) is 1.00. The van der Waals surface area contributed by atoms with Crippen LogP contribution < -0.4 is 10.6 Å². The third-order valence-electron chi connectivity index (χ3n) is 5.62. The predicted molar refractivity (Wildman–Crippen MR) is 76.6 cm³/mol. The van der Waals surface area contributed by atoms with Gasteiger partial charge in [-0.05, 0) is 70.1 Å². The molecule has 2 heteroatoms. The monoisotopic (exact) mass is 250 g/mol. The standard InChI is InChI=1S/C16H30N2/c1-16(2,3)18-8-7-17-15-10-11-9-14(15)13-6-4-5-12(11)13/h11-15,17-18H,4-10H2,1-3H3. The van der Waals surface area contributed by atoms with Crippen LogP contribution in [-0.4, -0.2) is 24.7 Å². The van der Waals surface area contributed by atoms with Crippen LogP contribution in [0.5, 0.6) is 0 Å². The Morgan fingerprint density at radius 2 is 1.72 bits per heavy atom. The fourth-order valence-corrected chi connectivity index (χ4v) is 5.00. The SMILES string of the molecule is CC(C)(C)NCCNC1CC2CC1C1CCCC21. The first-order chi connectivity index (χ1) is 8.54. The first-order valence-electron chi connectivity index (χ1n) is 8.03. The Kier molecular flexibility index (Phi) is 3.44. The summed E-state index contributed by atoms with van der Waals surface area (Å²) in [4.78, 5) is 0. The molecule has 0 spiro atoms. The lowest BCUT2D eigenvalue weighted by molar-refractivity contribution is 0.208. The largest absolute Gasteiger partial charge is 0.312 e. The van der Waals surface area contributed by atoms with Crippen molar-refractivity contribution in [2.45, 2.75) is 64.5 Å². The molecule has 0 saturated heterocycles. The lowest BCUT2D eigenvalue weighted by Crippen LogP contribution is -2.45. The first kappa shape index (κ1) is 12.9. The second-order valence-corrected chi connectivity index (χ2v) is 7.89. The maximum Gasteiger partial charge on any atom is 0.0101 e. The van der Waals surface area contributed by atoms with Gasteiger partial charge in [0.25, 0.3) is 0 Å². The van der Waals surface area contributed by atoms with E-state index in [1.54, 1.807) is 12.8 Å². The van der Waals surface area contributed by atoms with Crippen LogP contribution in [-0.2, 0) is 0 Å². The van der Waals surface area contributed by atoms with Crippen LogP contribution in [0.1, 0.15) is 52.9 Å². The summed E-state index contributed by atoms with van der Waals surface area (Å²) in [5, 5.41) is 7.41. The molecule has 0 aromatic rings. The second kappa shape index (κ2) is 4.79. The molecule has 2 nitrogen and oxygen atoms in total. The molecule has 2 bridgehead atoms. The maximum absolute atomic E-state index is 3.84. The van der Waals surface area contributed by atoms with Gasteiger partial charge in [0.15, 0.2) is 0 Å². The molecule has 104 valence electrons. The van der Waals surface area contributed by atoms with Gasteiger partial charge in [0.1, 0.15) is 0 Å². The van der Waals surface area contributed by atoms with E-state index < -0.39 is 0 Å². The Labute approximate surface area is 112 Å². The summed E-state index contributed by atoms with van der Waals surface area (Å²) in [5.41, 5.74) is 0.257. The van der Waals surface area contributed by atoms with Crippen LogP contribution >= 0.6 is 0 Å². The third-order valence-corrected chi connectivity index (χ3v) is 5.62. The molecule has 5 unspecified atom stereocenters. The average molecular weight is 250 g/mol. The Bertz CT molecular complexity index is 294. The molecule has 0 heterocycles. The summed E-state index contributed by atoms with van der Waals surface area (Å²) >= 11 is 0. The summed E-state index contributed by atoms with van der Waals surface area (Å²) < 4.78 is 0. The van der Waals surface area contributed by atoms with Crippen LogP contribution in [0.4, 0.5) is 0 Å². The van der Waals surface area contributed by atoms with E-state index in [9.17, 15) is 0 Å². The topological polar surface area (TPSA) is 24.1 Å².